The highest BCUT2D eigenvalue weighted by Crippen LogP contribution is 2.18. The van der Waals surface area contributed by atoms with Gasteiger partial charge in [-0.05, 0) is 19.3 Å². The number of carbonyl (C=O) groups is 1. The fourth-order valence-corrected chi connectivity index (χ4v) is 8.65. The van der Waals surface area contributed by atoms with Gasteiger partial charge in [0.25, 0.3) is 0 Å². The number of aliphatic hydroxyl groups is 2. The topological polar surface area (TPSA) is 69.6 Å². The molecule has 0 fully saturated rings. The van der Waals surface area contributed by atoms with Gasteiger partial charge in [0, 0.05) is 6.42 Å². The molecule has 0 aliphatic heterocycles. The number of hydrogen-bond acceptors (Lipinski definition) is 3. The van der Waals surface area contributed by atoms with E-state index in [0.717, 1.165) is 25.7 Å². The van der Waals surface area contributed by atoms with Crippen LogP contribution in [0.1, 0.15) is 309 Å². The number of allylic oxidation sites excluding steroid dienone is 1. The van der Waals surface area contributed by atoms with Crippen molar-refractivity contribution in [1.82, 2.24) is 5.32 Å². The Bertz CT molecular complexity index is 799. The zero-order valence-corrected chi connectivity index (χ0v) is 39.8. The average molecular weight is 818 g/mol. The quantitative estimate of drug-likeness (QED) is 0.0423. The van der Waals surface area contributed by atoms with Gasteiger partial charge in [-0.1, -0.05) is 296 Å². The number of rotatable bonds is 50. The van der Waals surface area contributed by atoms with E-state index < -0.39 is 12.1 Å². The smallest absolute Gasteiger partial charge is 0.220 e. The lowest BCUT2D eigenvalue weighted by Crippen LogP contribution is -2.45. The van der Waals surface area contributed by atoms with E-state index in [1.165, 1.54) is 263 Å². The lowest BCUT2D eigenvalue weighted by Gasteiger charge is -2.20. The predicted molar refractivity (Wildman–Crippen MR) is 258 cm³/mol. The molecule has 4 heteroatoms. The van der Waals surface area contributed by atoms with Crippen molar-refractivity contribution in [3.05, 3.63) is 12.2 Å². The summed E-state index contributed by atoms with van der Waals surface area (Å²) in [5.41, 5.74) is 0. The molecule has 346 valence electrons. The lowest BCUT2D eigenvalue weighted by molar-refractivity contribution is -0.123. The molecule has 0 spiro atoms. The molecule has 58 heavy (non-hydrogen) atoms. The summed E-state index contributed by atoms with van der Waals surface area (Å²) in [5.74, 6) is -0.0612. The lowest BCUT2D eigenvalue weighted by atomic mass is 10.0. The van der Waals surface area contributed by atoms with E-state index in [9.17, 15) is 15.0 Å². The average Bonchev–Trinajstić information content (AvgIpc) is 3.23. The van der Waals surface area contributed by atoms with E-state index in [2.05, 4.69) is 19.2 Å². The Morgan fingerprint density at radius 1 is 0.397 bits per heavy atom. The first-order valence-corrected chi connectivity index (χ1v) is 26.9. The van der Waals surface area contributed by atoms with Gasteiger partial charge in [0.2, 0.25) is 5.91 Å². The van der Waals surface area contributed by atoms with E-state index >= 15 is 0 Å². The molecule has 1 amide bonds. The highest BCUT2D eigenvalue weighted by atomic mass is 16.3. The number of amides is 1. The van der Waals surface area contributed by atoms with Crippen LogP contribution in [-0.4, -0.2) is 34.9 Å². The maximum atomic E-state index is 12.3. The normalized spacial score (nSPS) is 12.8. The van der Waals surface area contributed by atoms with Gasteiger partial charge in [0.05, 0.1) is 18.8 Å². The molecule has 0 saturated heterocycles. The Hall–Kier alpha value is -0.870. The molecule has 0 aliphatic rings. The van der Waals surface area contributed by atoms with E-state index in [0.29, 0.717) is 6.42 Å². The first-order valence-electron chi connectivity index (χ1n) is 26.9. The SMILES string of the molecule is CCCCCCCC/C=C/C(O)C(CO)NC(=O)CCCCCCCCCCCCCCCCCCCCCCCCCCCCCCCCCCCCCCCC. The molecule has 2 atom stereocenters. The summed E-state index contributed by atoms with van der Waals surface area (Å²) in [6, 6.07) is -0.615. The van der Waals surface area contributed by atoms with Crippen LogP contribution in [0.4, 0.5) is 0 Å². The standard InChI is InChI=1S/C54H107NO3/c1-3-5-7-9-11-13-14-15-16-17-18-19-20-21-22-23-24-25-26-27-28-29-30-31-32-33-34-35-36-37-38-39-40-41-42-44-46-48-50-54(58)55-52(51-56)53(57)49-47-45-43-12-10-8-6-4-2/h47,49,52-53,56-57H,3-46,48,50-51H2,1-2H3,(H,55,58)/b49-47+. The summed E-state index contributed by atoms with van der Waals surface area (Å²) < 4.78 is 0. The van der Waals surface area contributed by atoms with Gasteiger partial charge in [-0.3, -0.25) is 4.79 Å². The van der Waals surface area contributed by atoms with Crippen LogP contribution in [0.25, 0.3) is 0 Å². The Morgan fingerprint density at radius 2 is 0.638 bits per heavy atom. The van der Waals surface area contributed by atoms with E-state index in [-0.39, 0.29) is 12.5 Å². The predicted octanol–water partition coefficient (Wildman–Crippen LogP) is 17.4. The largest absolute Gasteiger partial charge is 0.394 e. The molecular weight excluding hydrogens is 711 g/mol. The first-order chi connectivity index (χ1) is 28.7. The zero-order chi connectivity index (χ0) is 42.1. The maximum absolute atomic E-state index is 12.3. The summed E-state index contributed by atoms with van der Waals surface area (Å²) in [5, 5.41) is 22.9. The van der Waals surface area contributed by atoms with Crippen LogP contribution in [0, 0.1) is 0 Å². The fraction of sp³-hybridized carbons (Fsp3) is 0.944. The second kappa shape index (κ2) is 50.5. The van der Waals surface area contributed by atoms with Crippen molar-refractivity contribution in [2.75, 3.05) is 6.61 Å². The maximum Gasteiger partial charge on any atom is 0.220 e. The minimum absolute atomic E-state index is 0.0612. The number of unbranched alkanes of at least 4 members (excludes halogenated alkanes) is 43. The van der Waals surface area contributed by atoms with Gasteiger partial charge in [0.15, 0.2) is 0 Å². The second-order valence-corrected chi connectivity index (χ2v) is 18.7. The van der Waals surface area contributed by atoms with Gasteiger partial charge in [-0.15, -0.1) is 0 Å². The molecule has 0 saturated carbocycles. The highest BCUT2D eigenvalue weighted by molar-refractivity contribution is 5.76. The molecule has 0 radical (unpaired) electrons. The Kier molecular flexibility index (Phi) is 49.7. The zero-order valence-electron chi connectivity index (χ0n) is 39.8. The highest BCUT2D eigenvalue weighted by Gasteiger charge is 2.18. The minimum atomic E-state index is -0.832. The molecule has 0 aromatic rings. The van der Waals surface area contributed by atoms with Crippen molar-refractivity contribution >= 4 is 5.91 Å². The van der Waals surface area contributed by atoms with Crippen molar-refractivity contribution in [3.8, 4) is 0 Å². The second-order valence-electron chi connectivity index (χ2n) is 18.7. The first kappa shape index (κ1) is 57.1. The number of hydrogen-bond donors (Lipinski definition) is 3. The van der Waals surface area contributed by atoms with Crippen LogP contribution >= 0.6 is 0 Å². The van der Waals surface area contributed by atoms with Crippen LogP contribution in [0.3, 0.4) is 0 Å². The Morgan fingerprint density at radius 3 is 0.897 bits per heavy atom. The molecule has 0 aromatic carbocycles. The molecular formula is C54H107NO3. The summed E-state index contributed by atoms with van der Waals surface area (Å²) in [7, 11) is 0. The monoisotopic (exact) mass is 818 g/mol. The van der Waals surface area contributed by atoms with Gasteiger partial charge < -0.3 is 15.5 Å². The number of nitrogens with one attached hydrogen (secondary N) is 1. The molecule has 4 nitrogen and oxygen atoms in total. The number of aliphatic hydroxyl groups excluding tert-OH is 2. The molecule has 3 N–H and O–H groups in total. The van der Waals surface area contributed by atoms with E-state index in [1.807, 2.05) is 6.08 Å². The third-order valence-corrected chi connectivity index (χ3v) is 12.8. The van der Waals surface area contributed by atoms with Crippen molar-refractivity contribution in [2.45, 2.75) is 321 Å². The molecule has 0 aromatic heterocycles. The molecule has 0 aliphatic carbocycles. The number of carbonyl (C=O) groups excluding carboxylic acids is 1. The Labute approximate surface area is 365 Å². The summed E-state index contributed by atoms with van der Waals surface area (Å²) in [6.45, 7) is 4.29. The van der Waals surface area contributed by atoms with Crippen LogP contribution in [-0.2, 0) is 4.79 Å². The van der Waals surface area contributed by atoms with Crippen LogP contribution < -0.4 is 5.32 Å². The van der Waals surface area contributed by atoms with Crippen molar-refractivity contribution in [1.29, 1.82) is 0 Å². The Balaban J connectivity index is 3.29. The van der Waals surface area contributed by atoms with Crippen molar-refractivity contribution in [3.63, 3.8) is 0 Å². The molecule has 0 heterocycles. The molecule has 2 unspecified atom stereocenters. The van der Waals surface area contributed by atoms with Crippen LogP contribution in [0.5, 0.6) is 0 Å². The summed E-state index contributed by atoms with van der Waals surface area (Å²) >= 11 is 0. The fourth-order valence-electron chi connectivity index (χ4n) is 8.65. The van der Waals surface area contributed by atoms with Crippen molar-refractivity contribution < 1.29 is 15.0 Å². The van der Waals surface area contributed by atoms with Crippen LogP contribution in [0.2, 0.25) is 0 Å². The van der Waals surface area contributed by atoms with Gasteiger partial charge in [0.1, 0.15) is 0 Å². The van der Waals surface area contributed by atoms with Crippen LogP contribution in [0.15, 0.2) is 12.2 Å². The van der Waals surface area contributed by atoms with E-state index in [1.54, 1.807) is 6.08 Å². The van der Waals surface area contributed by atoms with Gasteiger partial charge in [-0.2, -0.15) is 0 Å². The van der Waals surface area contributed by atoms with Gasteiger partial charge in [-0.25, -0.2) is 0 Å². The molecule has 0 rings (SSSR count). The van der Waals surface area contributed by atoms with Crippen molar-refractivity contribution in [2.24, 2.45) is 0 Å². The minimum Gasteiger partial charge on any atom is -0.394 e. The summed E-state index contributed by atoms with van der Waals surface area (Å²) in [6.07, 6.45) is 65.5. The van der Waals surface area contributed by atoms with Gasteiger partial charge >= 0.3 is 0 Å². The third kappa shape index (κ3) is 46.2. The van der Waals surface area contributed by atoms with E-state index in [4.69, 9.17) is 0 Å². The summed E-state index contributed by atoms with van der Waals surface area (Å²) in [4.78, 5) is 12.3. The molecule has 0 bridgehead atoms. The third-order valence-electron chi connectivity index (χ3n) is 12.8.